The van der Waals surface area contributed by atoms with Crippen LogP contribution in [0.2, 0.25) is 0 Å². The van der Waals surface area contributed by atoms with E-state index in [1.54, 1.807) is 6.20 Å². The van der Waals surface area contributed by atoms with Crippen LogP contribution in [0.4, 0.5) is 0 Å². The molecule has 2 nitrogen and oxygen atoms in total. The summed E-state index contributed by atoms with van der Waals surface area (Å²) in [6, 6.07) is 0. The zero-order valence-corrected chi connectivity index (χ0v) is 8.31. The van der Waals surface area contributed by atoms with E-state index in [9.17, 15) is 0 Å². The molecule has 0 spiro atoms. The number of H-pyrrole nitrogens is 1. The van der Waals surface area contributed by atoms with Crippen LogP contribution in [0.1, 0.15) is 40.4 Å². The zero-order chi connectivity index (χ0) is 9.11. The highest BCUT2D eigenvalue weighted by atomic mass is 14.9. The first-order valence-electron chi connectivity index (χ1n) is 4.41. The minimum atomic E-state index is 0.993. The van der Waals surface area contributed by atoms with E-state index in [0.717, 1.165) is 12.2 Å². The lowest BCUT2D eigenvalue weighted by atomic mass is 10.5. The van der Waals surface area contributed by atoms with Gasteiger partial charge in [-0.05, 0) is 0 Å². The van der Waals surface area contributed by atoms with Crippen molar-refractivity contribution >= 4 is 0 Å². The van der Waals surface area contributed by atoms with Crippen molar-refractivity contribution in [2.45, 2.75) is 41.0 Å². The number of aromatic nitrogens is 2. The molecule has 0 atom stereocenters. The third-order valence-electron chi connectivity index (χ3n) is 0.890. The number of hydrogen-bond donors (Lipinski definition) is 1. The first-order chi connectivity index (χ1) is 5.43. The van der Waals surface area contributed by atoms with Crippen molar-refractivity contribution in [1.29, 1.82) is 0 Å². The van der Waals surface area contributed by atoms with Crippen LogP contribution in [-0.4, -0.2) is 9.97 Å². The Labute approximate surface area is 70.1 Å². The quantitative estimate of drug-likeness (QED) is 0.665. The summed E-state index contributed by atoms with van der Waals surface area (Å²) in [6.07, 6.45) is 4.59. The Morgan fingerprint density at radius 2 is 1.82 bits per heavy atom. The average Bonchev–Trinajstić information content (AvgIpc) is 2.63. The van der Waals surface area contributed by atoms with E-state index >= 15 is 0 Å². The fraction of sp³-hybridized carbons (Fsp3) is 0.667. The van der Waals surface area contributed by atoms with Crippen LogP contribution in [-0.2, 0) is 6.42 Å². The normalized spacial score (nSPS) is 7.00. The monoisotopic (exact) mass is 156 g/mol. The second-order valence-corrected chi connectivity index (χ2v) is 1.39. The van der Waals surface area contributed by atoms with Crippen LogP contribution < -0.4 is 0 Å². The molecule has 0 aromatic carbocycles. The van der Waals surface area contributed by atoms with Crippen LogP contribution in [0.15, 0.2) is 12.4 Å². The second-order valence-electron chi connectivity index (χ2n) is 1.39. The molecule has 2 heteroatoms. The predicted molar refractivity (Wildman–Crippen MR) is 50.7 cm³/mol. The van der Waals surface area contributed by atoms with Crippen molar-refractivity contribution in [2.24, 2.45) is 0 Å². The first-order valence-corrected chi connectivity index (χ1v) is 4.41. The Bertz CT molecular complexity index is 122. The van der Waals surface area contributed by atoms with Crippen molar-refractivity contribution in [3.63, 3.8) is 0 Å². The van der Waals surface area contributed by atoms with Crippen LogP contribution in [0.5, 0.6) is 0 Å². The summed E-state index contributed by atoms with van der Waals surface area (Å²) in [5.41, 5.74) is 0. The van der Waals surface area contributed by atoms with Gasteiger partial charge in [0, 0.05) is 18.8 Å². The van der Waals surface area contributed by atoms with Crippen LogP contribution in [0, 0.1) is 0 Å². The van der Waals surface area contributed by atoms with E-state index in [0.29, 0.717) is 0 Å². The fourth-order valence-corrected chi connectivity index (χ4v) is 0.491. The molecule has 1 N–H and O–H groups in total. The molecule has 0 fully saturated rings. The standard InChI is InChI=1S/C5H8N2.2C2H6/c1-2-5-6-3-4-7-5;2*1-2/h3-4H,2H2,1H3,(H,6,7);2*1-2H3. The summed E-state index contributed by atoms with van der Waals surface area (Å²) >= 11 is 0. The molecule has 66 valence electrons. The second kappa shape index (κ2) is 11.9. The molecule has 0 amide bonds. The third kappa shape index (κ3) is 7.10. The summed E-state index contributed by atoms with van der Waals surface area (Å²) in [7, 11) is 0. The van der Waals surface area contributed by atoms with Gasteiger partial charge in [-0.1, -0.05) is 34.6 Å². The zero-order valence-electron chi connectivity index (χ0n) is 8.31. The first kappa shape index (κ1) is 12.8. The Morgan fingerprint density at radius 1 is 1.27 bits per heavy atom. The van der Waals surface area contributed by atoms with Crippen molar-refractivity contribution in [1.82, 2.24) is 9.97 Å². The molecule has 0 unspecified atom stereocenters. The Balaban J connectivity index is 0. The summed E-state index contributed by atoms with van der Waals surface area (Å²) in [6.45, 7) is 10.1. The van der Waals surface area contributed by atoms with Gasteiger partial charge in [0.1, 0.15) is 5.82 Å². The van der Waals surface area contributed by atoms with Gasteiger partial charge in [-0.2, -0.15) is 0 Å². The van der Waals surface area contributed by atoms with Gasteiger partial charge in [0.15, 0.2) is 0 Å². The lowest BCUT2D eigenvalue weighted by molar-refractivity contribution is 0.990. The summed E-state index contributed by atoms with van der Waals surface area (Å²) in [5, 5.41) is 0. The largest absolute Gasteiger partial charge is 0.349 e. The molecule has 0 bridgehead atoms. The lowest BCUT2D eigenvalue weighted by Gasteiger charge is -1.79. The highest BCUT2D eigenvalue weighted by Crippen LogP contribution is 1.85. The highest BCUT2D eigenvalue weighted by Gasteiger charge is 1.82. The maximum absolute atomic E-state index is 3.98. The van der Waals surface area contributed by atoms with E-state index in [1.165, 1.54) is 0 Å². The summed E-state index contributed by atoms with van der Waals surface area (Å²) in [4.78, 5) is 6.95. The number of rotatable bonds is 1. The molecule has 0 aliphatic heterocycles. The molecule has 1 heterocycles. The Morgan fingerprint density at radius 3 is 2.00 bits per heavy atom. The van der Waals surface area contributed by atoms with Gasteiger partial charge in [0.2, 0.25) is 0 Å². The molecule has 1 aromatic rings. The summed E-state index contributed by atoms with van der Waals surface area (Å²) in [5.74, 6) is 1.06. The maximum atomic E-state index is 3.98. The number of aryl methyl sites for hydroxylation is 1. The van der Waals surface area contributed by atoms with Crippen LogP contribution in [0.25, 0.3) is 0 Å². The maximum Gasteiger partial charge on any atom is 0.105 e. The molecule has 0 saturated carbocycles. The van der Waals surface area contributed by atoms with Crippen molar-refractivity contribution < 1.29 is 0 Å². The van der Waals surface area contributed by atoms with E-state index in [1.807, 2.05) is 33.9 Å². The number of aromatic amines is 1. The van der Waals surface area contributed by atoms with Gasteiger partial charge in [0.25, 0.3) is 0 Å². The van der Waals surface area contributed by atoms with Gasteiger partial charge in [0.05, 0.1) is 0 Å². The van der Waals surface area contributed by atoms with Crippen molar-refractivity contribution in [3.8, 4) is 0 Å². The predicted octanol–water partition coefficient (Wildman–Crippen LogP) is 3.02. The topological polar surface area (TPSA) is 28.7 Å². The van der Waals surface area contributed by atoms with Gasteiger partial charge in [-0.3, -0.25) is 0 Å². The van der Waals surface area contributed by atoms with E-state index in [2.05, 4.69) is 16.9 Å². The van der Waals surface area contributed by atoms with Gasteiger partial charge in [-0.15, -0.1) is 0 Å². The van der Waals surface area contributed by atoms with Crippen LogP contribution in [0.3, 0.4) is 0 Å². The van der Waals surface area contributed by atoms with Crippen LogP contribution >= 0.6 is 0 Å². The van der Waals surface area contributed by atoms with Gasteiger partial charge >= 0.3 is 0 Å². The Kier molecular flexibility index (Phi) is 13.9. The van der Waals surface area contributed by atoms with Gasteiger partial charge in [-0.25, -0.2) is 4.98 Å². The molecule has 0 saturated heterocycles. The number of nitrogens with one attached hydrogen (secondary N) is 1. The third-order valence-corrected chi connectivity index (χ3v) is 0.890. The molecule has 1 aromatic heterocycles. The molecular weight excluding hydrogens is 136 g/mol. The molecule has 0 aliphatic rings. The van der Waals surface area contributed by atoms with E-state index < -0.39 is 0 Å². The molecule has 0 radical (unpaired) electrons. The molecule has 0 aliphatic carbocycles. The summed E-state index contributed by atoms with van der Waals surface area (Å²) < 4.78 is 0. The van der Waals surface area contributed by atoms with E-state index in [4.69, 9.17) is 0 Å². The molecular formula is C9H20N2. The highest BCUT2D eigenvalue weighted by molar-refractivity contribution is 4.84. The lowest BCUT2D eigenvalue weighted by Crippen LogP contribution is -1.78. The van der Waals surface area contributed by atoms with Crippen molar-refractivity contribution in [3.05, 3.63) is 18.2 Å². The Hall–Kier alpha value is -0.790. The van der Waals surface area contributed by atoms with E-state index in [-0.39, 0.29) is 0 Å². The smallest absolute Gasteiger partial charge is 0.105 e. The molecule has 1 rings (SSSR count). The number of hydrogen-bond acceptors (Lipinski definition) is 1. The minimum absolute atomic E-state index is 0.993. The van der Waals surface area contributed by atoms with Crippen molar-refractivity contribution in [2.75, 3.05) is 0 Å². The molecule has 11 heavy (non-hydrogen) atoms. The SMILES string of the molecule is CC.CC.CCc1ncc[nH]1. The van der Waals surface area contributed by atoms with Gasteiger partial charge < -0.3 is 4.98 Å². The number of imidazole rings is 1. The average molecular weight is 156 g/mol. The minimum Gasteiger partial charge on any atom is -0.349 e. The fourth-order valence-electron chi connectivity index (χ4n) is 0.491. The number of nitrogens with zero attached hydrogens (tertiary/aromatic N) is 1.